The summed E-state index contributed by atoms with van der Waals surface area (Å²) in [6, 6.07) is -13.0. The molecule has 0 aromatic rings. The predicted octanol–water partition coefficient (Wildman–Crippen LogP) is 2.71. The van der Waals surface area contributed by atoms with Crippen LogP contribution in [0.1, 0.15) is 169 Å². The first-order valence-corrected chi connectivity index (χ1v) is 30.8. The van der Waals surface area contributed by atoms with E-state index in [0.29, 0.717) is 24.3 Å². The van der Waals surface area contributed by atoms with Gasteiger partial charge in [0.2, 0.25) is 53.2 Å². The minimum absolute atomic E-state index is 0.00588. The number of rotatable bonds is 16. The minimum Gasteiger partial charge on any atom is -0.390 e. The highest BCUT2D eigenvalue weighted by Crippen LogP contribution is 2.26. The molecule has 1 fully saturated rings. The Labute approximate surface area is 512 Å². The molecule has 86 heavy (non-hydrogen) atoms. The predicted molar refractivity (Wildman–Crippen MR) is 325 cm³/mol. The van der Waals surface area contributed by atoms with Crippen LogP contribution in [0.5, 0.6) is 0 Å². The lowest BCUT2D eigenvalue weighted by Crippen LogP contribution is -2.63. The fraction of sp³-hybridized carbons (Fsp3) is 0.803. The van der Waals surface area contributed by atoms with Crippen LogP contribution in [0.15, 0.2) is 0 Å². The minimum atomic E-state index is -1.66. The van der Waals surface area contributed by atoms with Gasteiger partial charge in [-0.15, -0.1) is 0 Å². The largest absolute Gasteiger partial charge is 0.421 e. The zero-order chi connectivity index (χ0) is 66.7. The Kier molecular flexibility index (Phi) is 32.0. The van der Waals surface area contributed by atoms with Gasteiger partial charge in [-0.1, -0.05) is 116 Å². The first-order chi connectivity index (χ1) is 39.8. The molecular formula is C61H109N11O14. The van der Waals surface area contributed by atoms with Crippen molar-refractivity contribution in [2.24, 2.45) is 35.5 Å². The summed E-state index contributed by atoms with van der Waals surface area (Å²) in [5.41, 5.74) is 0. The fourth-order valence-electron chi connectivity index (χ4n) is 10.7. The molecule has 25 heteroatoms. The number of nitrogens with zero attached hydrogens (tertiary/aromatic N) is 7. The quantitative estimate of drug-likeness (QED) is 0.139. The van der Waals surface area contributed by atoms with Crippen molar-refractivity contribution in [1.82, 2.24) is 55.7 Å². The number of aliphatic hydroxyl groups excluding tert-OH is 1. The van der Waals surface area contributed by atoms with E-state index in [1.54, 1.807) is 48.5 Å². The van der Waals surface area contributed by atoms with Crippen molar-refractivity contribution in [3.05, 3.63) is 0 Å². The van der Waals surface area contributed by atoms with Crippen LogP contribution in [0.25, 0.3) is 0 Å². The fourth-order valence-corrected chi connectivity index (χ4v) is 10.7. The van der Waals surface area contributed by atoms with E-state index in [2.05, 4.69) is 21.3 Å². The molecule has 0 bridgehead atoms. The molecule has 5 N–H and O–H groups in total. The topological polar surface area (TPSA) is 305 Å². The third-order valence-electron chi connectivity index (χ3n) is 16.1. The molecule has 1 heterocycles. The van der Waals surface area contributed by atoms with Gasteiger partial charge in [0, 0.05) is 49.3 Å². The lowest BCUT2D eigenvalue weighted by atomic mass is 9.90. The number of amides is 11. The number of carbonyl (C=O) groups excluding carboxylic acids is 12. The maximum absolute atomic E-state index is 15.1. The Morgan fingerprint density at radius 2 is 0.907 bits per heavy atom. The Bertz CT molecular complexity index is 2350. The van der Waals surface area contributed by atoms with Crippen LogP contribution in [0, 0.1) is 35.5 Å². The molecule has 0 spiro atoms. The van der Waals surface area contributed by atoms with Gasteiger partial charge in [0.1, 0.15) is 60.4 Å². The van der Waals surface area contributed by atoms with Gasteiger partial charge in [-0.25, -0.2) is 4.79 Å². The van der Waals surface area contributed by atoms with Crippen LogP contribution >= 0.6 is 0 Å². The summed E-state index contributed by atoms with van der Waals surface area (Å²) in [4.78, 5) is 185. The Hall–Kier alpha value is -6.40. The lowest BCUT2D eigenvalue weighted by molar-refractivity contribution is -0.197. The van der Waals surface area contributed by atoms with Crippen LogP contribution in [0.2, 0.25) is 0 Å². The number of aliphatic hydroxyl groups is 1. The standard InChI is InChI=1S/C61H109N11O14/c1-24-27-29-38(14)49(73)48-53(77)64-41(26-3)55(79)72(23)86-61(85)60(84)66(17)42(28-25-2)51(75)65-46(36(10)11)58(82)67(18)43(30-33(4)5)52(76)62-39(15)50(74)63-40(16)54(78)68(19)44(31-34(6)7)56(80)69(20)45(32-35(8)9)57(81)70(21)47(37(12)13)59(83)71(48)22/h33-49,73H,24-32H2,1-23H3,(H,62,76)(H,63,74)(H,64,77)(H,65,75). The van der Waals surface area contributed by atoms with E-state index in [9.17, 15) is 53.1 Å². The lowest BCUT2D eigenvalue weighted by Gasteiger charge is -2.41. The molecule has 0 aromatic carbocycles. The number of likely N-dealkylation sites (N-methyl/N-ethyl adjacent to an activating group) is 7. The van der Waals surface area contributed by atoms with Gasteiger partial charge in [0.15, 0.2) is 0 Å². The van der Waals surface area contributed by atoms with Crippen molar-refractivity contribution >= 4 is 70.9 Å². The molecule has 0 saturated carbocycles. The summed E-state index contributed by atoms with van der Waals surface area (Å²) < 4.78 is 0. The van der Waals surface area contributed by atoms with Crippen LogP contribution < -0.4 is 21.3 Å². The molecule has 1 rings (SSSR count). The molecule has 0 aromatic heterocycles. The van der Waals surface area contributed by atoms with E-state index >= 15 is 9.59 Å². The van der Waals surface area contributed by atoms with E-state index in [4.69, 9.17) is 4.84 Å². The van der Waals surface area contributed by atoms with E-state index in [1.165, 1.54) is 75.7 Å². The summed E-state index contributed by atoms with van der Waals surface area (Å²) in [5.74, 6) is -12.8. The highest BCUT2D eigenvalue weighted by Gasteiger charge is 2.46. The second kappa shape index (κ2) is 35.4. The number of hydrogen-bond donors (Lipinski definition) is 5. The second-order valence-corrected chi connectivity index (χ2v) is 25.5. The average molecular weight is 1220 g/mol. The summed E-state index contributed by atoms with van der Waals surface area (Å²) in [6.07, 6.45) is 0.955. The maximum atomic E-state index is 15.1. The van der Waals surface area contributed by atoms with Gasteiger partial charge in [-0.3, -0.25) is 52.7 Å². The SMILES string of the molecule is CCCCC(C)C(O)C1C(=O)NC(CC)C(=O)N(C)OC(=O)C(=O)N(C)C(CCC)C(=O)NC(C(C)C)C(=O)N(C)C(CC(C)C)C(=O)NC(C)C(=O)NC(C)C(=O)N(C)C(CC(C)C)C(=O)N(C)C(CC(C)C)C(=O)N(C)C(C(C)C)C(=O)N1C. The van der Waals surface area contributed by atoms with Crippen LogP contribution in [-0.4, -0.2) is 226 Å². The Morgan fingerprint density at radius 3 is 1.37 bits per heavy atom. The molecule has 1 aliphatic heterocycles. The first-order valence-electron chi connectivity index (χ1n) is 30.8. The molecule has 1 aliphatic rings. The average Bonchev–Trinajstić information content (AvgIpc) is 2.34. The number of hydrogen-bond acceptors (Lipinski definition) is 14. The smallest absolute Gasteiger partial charge is 0.390 e. The van der Waals surface area contributed by atoms with Crippen molar-refractivity contribution in [2.45, 2.75) is 235 Å². The number of carbonyl (C=O) groups is 12. The second-order valence-electron chi connectivity index (χ2n) is 25.5. The van der Waals surface area contributed by atoms with E-state index in [-0.39, 0.29) is 49.9 Å². The molecule has 12 atom stereocenters. The van der Waals surface area contributed by atoms with Crippen molar-refractivity contribution in [3.63, 3.8) is 0 Å². The summed E-state index contributed by atoms with van der Waals surface area (Å²) in [6.45, 7) is 27.6. The molecule has 1 saturated heterocycles. The monoisotopic (exact) mass is 1220 g/mol. The van der Waals surface area contributed by atoms with Gasteiger partial charge in [-0.2, -0.15) is 5.06 Å². The van der Waals surface area contributed by atoms with Gasteiger partial charge >= 0.3 is 11.9 Å². The molecule has 12 unspecified atom stereocenters. The van der Waals surface area contributed by atoms with Gasteiger partial charge in [0.25, 0.3) is 5.91 Å². The third-order valence-corrected chi connectivity index (χ3v) is 16.1. The van der Waals surface area contributed by atoms with Crippen molar-refractivity contribution in [1.29, 1.82) is 0 Å². The van der Waals surface area contributed by atoms with Gasteiger partial charge < -0.3 is 60.6 Å². The summed E-state index contributed by atoms with van der Waals surface area (Å²) in [5, 5.41) is 23.2. The highest BCUT2D eigenvalue weighted by molar-refractivity contribution is 6.32. The van der Waals surface area contributed by atoms with Crippen molar-refractivity contribution < 1.29 is 67.5 Å². The number of hydroxylamine groups is 2. The maximum Gasteiger partial charge on any atom is 0.421 e. The van der Waals surface area contributed by atoms with E-state index in [0.717, 1.165) is 23.3 Å². The van der Waals surface area contributed by atoms with E-state index in [1.807, 2.05) is 48.5 Å². The zero-order valence-corrected chi connectivity index (χ0v) is 56.1. The zero-order valence-electron chi connectivity index (χ0n) is 56.1. The number of nitrogens with one attached hydrogen (secondary N) is 4. The van der Waals surface area contributed by atoms with Crippen LogP contribution in [-0.2, 0) is 62.4 Å². The van der Waals surface area contributed by atoms with Crippen LogP contribution in [0.4, 0.5) is 0 Å². The molecule has 11 amide bonds. The van der Waals surface area contributed by atoms with Gasteiger partial charge in [-0.05, 0) is 87.9 Å². The summed E-state index contributed by atoms with van der Waals surface area (Å²) >= 11 is 0. The van der Waals surface area contributed by atoms with Gasteiger partial charge in [0.05, 0.1) is 6.10 Å². The highest BCUT2D eigenvalue weighted by atomic mass is 16.7. The first kappa shape index (κ1) is 77.6. The van der Waals surface area contributed by atoms with Crippen molar-refractivity contribution in [3.8, 4) is 0 Å². The number of unbranched alkanes of at least 4 members (excludes halogenated alkanes) is 1. The molecule has 0 radical (unpaired) electrons. The normalized spacial score (nSPS) is 26.6. The molecular weight excluding hydrogens is 1110 g/mol. The Balaban J connectivity index is 4.28. The molecule has 492 valence electrons. The third kappa shape index (κ3) is 21.2. The van der Waals surface area contributed by atoms with E-state index < -0.39 is 155 Å². The summed E-state index contributed by atoms with van der Waals surface area (Å²) in [7, 11) is 9.20. The Morgan fingerprint density at radius 1 is 0.453 bits per heavy atom. The molecule has 0 aliphatic carbocycles. The van der Waals surface area contributed by atoms with Crippen molar-refractivity contribution in [2.75, 3.05) is 49.3 Å². The molecule has 25 nitrogen and oxygen atoms in total. The van der Waals surface area contributed by atoms with Crippen LogP contribution in [0.3, 0.4) is 0 Å².